The number of carbonyl (C=O) groups is 1. The van der Waals surface area contributed by atoms with Gasteiger partial charge in [0.1, 0.15) is 0 Å². The summed E-state index contributed by atoms with van der Waals surface area (Å²) in [4.78, 5) is 15.4. The first kappa shape index (κ1) is 15.3. The molecule has 0 spiro atoms. The van der Waals surface area contributed by atoms with Gasteiger partial charge in [-0.15, -0.1) is 0 Å². The molecular formula is C19H20N2O2. The molecule has 0 aliphatic heterocycles. The summed E-state index contributed by atoms with van der Waals surface area (Å²) in [6.45, 7) is 0.541. The highest BCUT2D eigenvalue weighted by Crippen LogP contribution is 2.19. The van der Waals surface area contributed by atoms with Crippen LogP contribution in [-0.2, 0) is 22.6 Å². The molecule has 1 heterocycles. The number of methoxy groups -OCH3 is 1. The molecule has 4 heteroatoms. The minimum Gasteiger partial charge on any atom is -0.380 e. The standard InChI is InChI=1S/C19H20N2O2/c1-23-13-14-5-4-6-16(11-14)21-19(22)10-9-15-12-20-18-8-3-2-7-17(15)18/h2-8,11-12,20H,9-10,13H2,1H3,(H,21,22). The fraction of sp³-hybridized carbons (Fsp3) is 0.211. The van der Waals surface area contributed by atoms with Crippen molar-refractivity contribution >= 4 is 22.5 Å². The Kier molecular flexibility index (Phi) is 4.74. The van der Waals surface area contributed by atoms with Gasteiger partial charge >= 0.3 is 0 Å². The van der Waals surface area contributed by atoms with Crippen molar-refractivity contribution in [1.29, 1.82) is 0 Å². The van der Waals surface area contributed by atoms with E-state index in [4.69, 9.17) is 4.74 Å². The van der Waals surface area contributed by atoms with E-state index in [0.29, 0.717) is 19.4 Å². The van der Waals surface area contributed by atoms with Crippen molar-refractivity contribution in [3.8, 4) is 0 Å². The van der Waals surface area contributed by atoms with Gasteiger partial charge in [0.25, 0.3) is 0 Å². The number of amides is 1. The first-order chi connectivity index (χ1) is 11.3. The van der Waals surface area contributed by atoms with Crippen molar-refractivity contribution in [2.24, 2.45) is 0 Å². The quantitative estimate of drug-likeness (QED) is 0.726. The lowest BCUT2D eigenvalue weighted by Gasteiger charge is -2.07. The average molecular weight is 308 g/mol. The third kappa shape index (κ3) is 3.79. The minimum absolute atomic E-state index is 0.0184. The van der Waals surface area contributed by atoms with Gasteiger partial charge in [-0.25, -0.2) is 0 Å². The van der Waals surface area contributed by atoms with E-state index < -0.39 is 0 Å². The Bertz CT molecular complexity index is 808. The second kappa shape index (κ2) is 7.11. The Labute approximate surface area is 135 Å². The normalized spacial score (nSPS) is 10.8. The summed E-state index contributed by atoms with van der Waals surface area (Å²) in [6.07, 6.45) is 3.15. The molecule has 118 valence electrons. The summed E-state index contributed by atoms with van der Waals surface area (Å²) in [5, 5.41) is 4.13. The molecule has 0 radical (unpaired) electrons. The van der Waals surface area contributed by atoms with Crippen LogP contribution >= 0.6 is 0 Å². The largest absolute Gasteiger partial charge is 0.380 e. The monoisotopic (exact) mass is 308 g/mol. The lowest BCUT2D eigenvalue weighted by atomic mass is 10.1. The first-order valence-electron chi connectivity index (χ1n) is 7.69. The van der Waals surface area contributed by atoms with Gasteiger partial charge in [0.05, 0.1) is 6.61 Å². The molecule has 0 bridgehead atoms. The average Bonchev–Trinajstić information content (AvgIpc) is 2.97. The number of aryl methyl sites for hydroxylation is 1. The van der Waals surface area contributed by atoms with Gasteiger partial charge in [0.2, 0.25) is 5.91 Å². The fourth-order valence-corrected chi connectivity index (χ4v) is 2.72. The molecule has 0 saturated heterocycles. The number of aromatic amines is 1. The van der Waals surface area contributed by atoms with E-state index in [9.17, 15) is 4.79 Å². The maximum Gasteiger partial charge on any atom is 0.224 e. The first-order valence-corrected chi connectivity index (χ1v) is 7.69. The molecule has 2 N–H and O–H groups in total. The Balaban J connectivity index is 1.60. The van der Waals surface area contributed by atoms with E-state index in [1.54, 1.807) is 7.11 Å². The van der Waals surface area contributed by atoms with E-state index >= 15 is 0 Å². The van der Waals surface area contributed by atoms with Crippen LogP contribution in [0.1, 0.15) is 17.5 Å². The SMILES string of the molecule is COCc1cccc(NC(=O)CCc2c[nH]c3ccccc23)c1. The Morgan fingerprint density at radius 2 is 2.04 bits per heavy atom. The Hall–Kier alpha value is -2.59. The molecule has 0 saturated carbocycles. The molecule has 0 aliphatic carbocycles. The fourth-order valence-electron chi connectivity index (χ4n) is 2.72. The number of aromatic nitrogens is 1. The molecule has 23 heavy (non-hydrogen) atoms. The molecule has 2 aromatic carbocycles. The summed E-state index contributed by atoms with van der Waals surface area (Å²) in [7, 11) is 1.66. The lowest BCUT2D eigenvalue weighted by molar-refractivity contribution is -0.116. The number of hydrogen-bond donors (Lipinski definition) is 2. The molecular weight excluding hydrogens is 288 g/mol. The van der Waals surface area contributed by atoms with Crippen molar-refractivity contribution in [2.75, 3.05) is 12.4 Å². The number of anilines is 1. The molecule has 1 amide bonds. The van der Waals surface area contributed by atoms with Crippen LogP contribution in [0.15, 0.2) is 54.7 Å². The van der Waals surface area contributed by atoms with E-state index in [0.717, 1.165) is 16.8 Å². The number of nitrogens with one attached hydrogen (secondary N) is 2. The second-order valence-electron chi connectivity index (χ2n) is 5.54. The van der Waals surface area contributed by atoms with Crippen molar-refractivity contribution in [2.45, 2.75) is 19.4 Å². The summed E-state index contributed by atoms with van der Waals surface area (Å²) in [6, 6.07) is 15.9. The van der Waals surface area contributed by atoms with Crippen LogP contribution < -0.4 is 5.32 Å². The van der Waals surface area contributed by atoms with Crippen LogP contribution in [0.3, 0.4) is 0 Å². The summed E-state index contributed by atoms with van der Waals surface area (Å²) in [5.74, 6) is 0.0184. The van der Waals surface area contributed by atoms with Crippen LogP contribution in [0.4, 0.5) is 5.69 Å². The molecule has 3 rings (SSSR count). The Morgan fingerprint density at radius 1 is 1.17 bits per heavy atom. The molecule has 0 atom stereocenters. The van der Waals surface area contributed by atoms with Gasteiger partial charge in [0, 0.05) is 36.3 Å². The highest BCUT2D eigenvalue weighted by molar-refractivity contribution is 5.91. The number of carbonyl (C=O) groups excluding carboxylic acids is 1. The molecule has 4 nitrogen and oxygen atoms in total. The zero-order valence-electron chi connectivity index (χ0n) is 13.1. The number of para-hydroxylation sites is 1. The summed E-state index contributed by atoms with van der Waals surface area (Å²) in [5.41, 5.74) is 4.13. The zero-order chi connectivity index (χ0) is 16.1. The van der Waals surface area contributed by atoms with Crippen molar-refractivity contribution in [3.63, 3.8) is 0 Å². The third-order valence-electron chi connectivity index (χ3n) is 3.82. The van der Waals surface area contributed by atoms with E-state index in [-0.39, 0.29) is 5.91 Å². The molecule has 0 fully saturated rings. The highest BCUT2D eigenvalue weighted by atomic mass is 16.5. The number of hydrogen-bond acceptors (Lipinski definition) is 2. The van der Waals surface area contributed by atoms with Crippen molar-refractivity contribution < 1.29 is 9.53 Å². The van der Waals surface area contributed by atoms with Crippen LogP contribution in [0.5, 0.6) is 0 Å². The number of fused-ring (bicyclic) bond motifs is 1. The smallest absolute Gasteiger partial charge is 0.224 e. The maximum absolute atomic E-state index is 12.2. The van der Waals surface area contributed by atoms with Crippen molar-refractivity contribution in [1.82, 2.24) is 4.98 Å². The van der Waals surface area contributed by atoms with Crippen LogP contribution in [0, 0.1) is 0 Å². The lowest BCUT2D eigenvalue weighted by Crippen LogP contribution is -2.12. The van der Waals surface area contributed by atoms with Gasteiger partial charge < -0.3 is 15.0 Å². The minimum atomic E-state index is 0.0184. The number of benzene rings is 2. The van der Waals surface area contributed by atoms with Gasteiger partial charge in [0.15, 0.2) is 0 Å². The molecule has 0 unspecified atom stereocenters. The molecule has 1 aromatic heterocycles. The highest BCUT2D eigenvalue weighted by Gasteiger charge is 2.07. The second-order valence-corrected chi connectivity index (χ2v) is 5.54. The predicted molar refractivity (Wildman–Crippen MR) is 92.4 cm³/mol. The van der Waals surface area contributed by atoms with Gasteiger partial charge in [-0.3, -0.25) is 4.79 Å². The van der Waals surface area contributed by atoms with Gasteiger partial charge in [-0.05, 0) is 35.7 Å². The van der Waals surface area contributed by atoms with Crippen molar-refractivity contribution in [3.05, 3.63) is 65.9 Å². The van der Waals surface area contributed by atoms with Crippen LogP contribution in [0.25, 0.3) is 10.9 Å². The van der Waals surface area contributed by atoms with Crippen LogP contribution in [0.2, 0.25) is 0 Å². The third-order valence-corrected chi connectivity index (χ3v) is 3.82. The maximum atomic E-state index is 12.2. The topological polar surface area (TPSA) is 54.1 Å². The Morgan fingerprint density at radius 3 is 2.91 bits per heavy atom. The number of rotatable bonds is 6. The van der Waals surface area contributed by atoms with E-state index in [1.807, 2.05) is 48.7 Å². The van der Waals surface area contributed by atoms with E-state index in [1.165, 1.54) is 10.9 Å². The zero-order valence-corrected chi connectivity index (χ0v) is 13.1. The van der Waals surface area contributed by atoms with Gasteiger partial charge in [-0.2, -0.15) is 0 Å². The predicted octanol–water partition coefficient (Wildman–Crippen LogP) is 3.89. The summed E-state index contributed by atoms with van der Waals surface area (Å²) >= 11 is 0. The number of ether oxygens (including phenoxy) is 1. The molecule has 0 aliphatic rings. The van der Waals surface area contributed by atoms with Gasteiger partial charge in [-0.1, -0.05) is 30.3 Å². The van der Waals surface area contributed by atoms with Crippen LogP contribution in [-0.4, -0.2) is 18.0 Å². The number of H-pyrrole nitrogens is 1. The van der Waals surface area contributed by atoms with E-state index in [2.05, 4.69) is 16.4 Å². The molecule has 3 aromatic rings. The summed E-state index contributed by atoms with van der Waals surface area (Å²) < 4.78 is 5.11.